The van der Waals surface area contributed by atoms with Crippen molar-refractivity contribution < 1.29 is 19.0 Å². The monoisotopic (exact) mass is 293 g/mol. The molecule has 1 aliphatic rings. The summed E-state index contributed by atoms with van der Waals surface area (Å²) in [6, 6.07) is 7.56. The number of ether oxygens (including phenoxy) is 3. The van der Waals surface area contributed by atoms with Crippen molar-refractivity contribution in [3.63, 3.8) is 0 Å². The first-order valence-electron chi connectivity index (χ1n) is 7.30. The van der Waals surface area contributed by atoms with Gasteiger partial charge in [0.1, 0.15) is 23.1 Å². The molecule has 116 valence electrons. The van der Waals surface area contributed by atoms with Crippen molar-refractivity contribution in [2.24, 2.45) is 0 Å². The van der Waals surface area contributed by atoms with Gasteiger partial charge in [0.05, 0.1) is 13.7 Å². The molecule has 1 aliphatic carbocycles. The number of rotatable bonds is 6. The van der Waals surface area contributed by atoms with E-state index in [2.05, 4.69) is 5.32 Å². The summed E-state index contributed by atoms with van der Waals surface area (Å²) < 4.78 is 16.3. The van der Waals surface area contributed by atoms with E-state index < -0.39 is 5.54 Å². The average molecular weight is 293 g/mol. The van der Waals surface area contributed by atoms with Crippen LogP contribution in [-0.4, -0.2) is 38.4 Å². The number of likely N-dealkylation sites (N-methyl/N-ethyl adjacent to an activating group) is 1. The SMILES string of the molecule is CCOc1ccc(OC2CCC(NC)(C(=O)OC)C2)cc1. The number of nitrogens with one attached hydrogen (secondary N) is 1. The van der Waals surface area contributed by atoms with Crippen LogP contribution in [0.3, 0.4) is 0 Å². The van der Waals surface area contributed by atoms with E-state index in [9.17, 15) is 4.79 Å². The molecule has 5 nitrogen and oxygen atoms in total. The third-order valence-corrected chi connectivity index (χ3v) is 3.96. The highest BCUT2D eigenvalue weighted by atomic mass is 16.5. The lowest BCUT2D eigenvalue weighted by atomic mass is 9.98. The highest BCUT2D eigenvalue weighted by Crippen LogP contribution is 2.33. The zero-order valence-corrected chi connectivity index (χ0v) is 12.8. The summed E-state index contributed by atoms with van der Waals surface area (Å²) in [6.07, 6.45) is 2.17. The second-order valence-electron chi connectivity index (χ2n) is 5.21. The molecule has 0 aromatic heterocycles. The molecule has 0 heterocycles. The zero-order valence-electron chi connectivity index (χ0n) is 12.8. The van der Waals surface area contributed by atoms with Crippen LogP contribution in [0.15, 0.2) is 24.3 Å². The van der Waals surface area contributed by atoms with Gasteiger partial charge in [0, 0.05) is 6.42 Å². The maximum atomic E-state index is 11.9. The Morgan fingerprint density at radius 1 is 1.33 bits per heavy atom. The van der Waals surface area contributed by atoms with E-state index in [1.165, 1.54) is 7.11 Å². The lowest BCUT2D eigenvalue weighted by Crippen LogP contribution is -2.49. The van der Waals surface area contributed by atoms with E-state index in [4.69, 9.17) is 14.2 Å². The van der Waals surface area contributed by atoms with Crippen LogP contribution in [0.25, 0.3) is 0 Å². The van der Waals surface area contributed by atoms with Crippen LogP contribution in [0.4, 0.5) is 0 Å². The lowest BCUT2D eigenvalue weighted by Gasteiger charge is -2.25. The second-order valence-corrected chi connectivity index (χ2v) is 5.21. The van der Waals surface area contributed by atoms with Crippen molar-refractivity contribution in [2.45, 2.75) is 37.8 Å². The van der Waals surface area contributed by atoms with Gasteiger partial charge in [0.15, 0.2) is 0 Å². The Morgan fingerprint density at radius 2 is 2.00 bits per heavy atom. The molecular weight excluding hydrogens is 270 g/mol. The minimum absolute atomic E-state index is 0.00879. The summed E-state index contributed by atoms with van der Waals surface area (Å²) in [4.78, 5) is 11.9. The number of carbonyl (C=O) groups excluding carboxylic acids is 1. The molecule has 1 fully saturated rings. The summed E-state index contributed by atoms with van der Waals surface area (Å²) in [5.74, 6) is 1.40. The highest BCUT2D eigenvalue weighted by molar-refractivity contribution is 5.81. The molecule has 0 radical (unpaired) electrons. The minimum atomic E-state index is -0.620. The van der Waals surface area contributed by atoms with E-state index in [1.807, 2.05) is 31.2 Å². The Labute approximate surface area is 125 Å². The maximum Gasteiger partial charge on any atom is 0.326 e. The van der Waals surface area contributed by atoms with Gasteiger partial charge < -0.3 is 19.5 Å². The van der Waals surface area contributed by atoms with Gasteiger partial charge in [0.25, 0.3) is 0 Å². The fourth-order valence-corrected chi connectivity index (χ4v) is 2.78. The standard InChI is InChI=1S/C16H23NO4/c1-4-20-12-5-7-13(8-6-12)21-14-9-10-16(11-14,17-2)15(18)19-3/h5-8,14,17H,4,9-11H2,1-3H3. The Hall–Kier alpha value is -1.75. The molecule has 1 aromatic rings. The van der Waals surface area contributed by atoms with E-state index >= 15 is 0 Å². The molecule has 0 amide bonds. The molecule has 2 atom stereocenters. The number of hydrogen-bond acceptors (Lipinski definition) is 5. The average Bonchev–Trinajstić information content (AvgIpc) is 2.93. The minimum Gasteiger partial charge on any atom is -0.494 e. The molecule has 1 N–H and O–H groups in total. The topological polar surface area (TPSA) is 56.8 Å². The third kappa shape index (κ3) is 3.47. The Morgan fingerprint density at radius 3 is 2.57 bits per heavy atom. The Kier molecular flexibility index (Phi) is 5.07. The van der Waals surface area contributed by atoms with Gasteiger partial charge in [-0.15, -0.1) is 0 Å². The fraction of sp³-hybridized carbons (Fsp3) is 0.562. The maximum absolute atomic E-state index is 11.9. The molecule has 1 saturated carbocycles. The number of methoxy groups -OCH3 is 1. The van der Waals surface area contributed by atoms with Crippen molar-refractivity contribution in [3.8, 4) is 11.5 Å². The first kappa shape index (κ1) is 15.6. The molecule has 0 aliphatic heterocycles. The molecule has 0 spiro atoms. The van der Waals surface area contributed by atoms with Gasteiger partial charge in [-0.3, -0.25) is 4.79 Å². The Balaban J connectivity index is 1.97. The van der Waals surface area contributed by atoms with Crippen molar-refractivity contribution in [2.75, 3.05) is 20.8 Å². The largest absolute Gasteiger partial charge is 0.494 e. The van der Waals surface area contributed by atoms with Crippen molar-refractivity contribution in [1.29, 1.82) is 0 Å². The first-order chi connectivity index (χ1) is 10.1. The number of benzene rings is 1. The molecule has 2 unspecified atom stereocenters. The van der Waals surface area contributed by atoms with Crippen LogP contribution in [0, 0.1) is 0 Å². The molecular formula is C16H23NO4. The van der Waals surface area contributed by atoms with Gasteiger partial charge in [-0.1, -0.05) is 0 Å². The summed E-state index contributed by atoms with van der Waals surface area (Å²) in [5.41, 5.74) is -0.620. The molecule has 1 aromatic carbocycles. The van der Waals surface area contributed by atoms with Gasteiger partial charge >= 0.3 is 5.97 Å². The summed E-state index contributed by atoms with van der Waals surface area (Å²) in [7, 11) is 3.21. The van der Waals surface area contributed by atoms with Crippen LogP contribution >= 0.6 is 0 Å². The van der Waals surface area contributed by atoms with Gasteiger partial charge in [-0.2, -0.15) is 0 Å². The van der Waals surface area contributed by atoms with E-state index in [0.717, 1.165) is 24.3 Å². The van der Waals surface area contributed by atoms with E-state index in [0.29, 0.717) is 13.0 Å². The number of carbonyl (C=O) groups is 1. The molecule has 0 bridgehead atoms. The normalized spacial score (nSPS) is 24.6. The molecule has 21 heavy (non-hydrogen) atoms. The predicted octanol–water partition coefficient (Wildman–Crippen LogP) is 2.15. The summed E-state index contributed by atoms with van der Waals surface area (Å²) in [6.45, 7) is 2.60. The predicted molar refractivity (Wildman–Crippen MR) is 79.7 cm³/mol. The fourth-order valence-electron chi connectivity index (χ4n) is 2.78. The molecule has 2 rings (SSSR count). The molecule has 5 heteroatoms. The smallest absolute Gasteiger partial charge is 0.326 e. The van der Waals surface area contributed by atoms with Crippen molar-refractivity contribution >= 4 is 5.97 Å². The summed E-state index contributed by atoms with van der Waals surface area (Å²) >= 11 is 0. The third-order valence-electron chi connectivity index (χ3n) is 3.96. The van der Waals surface area contributed by atoms with Crippen LogP contribution in [-0.2, 0) is 9.53 Å². The summed E-state index contributed by atoms with van der Waals surface area (Å²) in [5, 5.41) is 3.10. The van der Waals surface area contributed by atoms with Gasteiger partial charge in [0.2, 0.25) is 0 Å². The number of esters is 1. The lowest BCUT2D eigenvalue weighted by molar-refractivity contribution is -0.148. The number of hydrogen-bond donors (Lipinski definition) is 1. The molecule has 0 saturated heterocycles. The van der Waals surface area contributed by atoms with Crippen LogP contribution in [0.5, 0.6) is 11.5 Å². The van der Waals surface area contributed by atoms with Crippen molar-refractivity contribution in [3.05, 3.63) is 24.3 Å². The highest BCUT2D eigenvalue weighted by Gasteiger charge is 2.46. The van der Waals surface area contributed by atoms with E-state index in [1.54, 1.807) is 7.05 Å². The van der Waals surface area contributed by atoms with Crippen LogP contribution in [0.2, 0.25) is 0 Å². The van der Waals surface area contributed by atoms with Crippen molar-refractivity contribution in [1.82, 2.24) is 5.32 Å². The van der Waals surface area contributed by atoms with Gasteiger partial charge in [-0.25, -0.2) is 0 Å². The second kappa shape index (κ2) is 6.80. The van der Waals surface area contributed by atoms with Crippen LogP contribution in [0.1, 0.15) is 26.2 Å². The Bertz CT molecular complexity index is 474. The quantitative estimate of drug-likeness (QED) is 0.814. The first-order valence-corrected chi connectivity index (χ1v) is 7.30. The zero-order chi connectivity index (χ0) is 15.3. The van der Waals surface area contributed by atoms with Crippen LogP contribution < -0.4 is 14.8 Å². The van der Waals surface area contributed by atoms with E-state index in [-0.39, 0.29) is 12.1 Å². The van der Waals surface area contributed by atoms with Gasteiger partial charge in [-0.05, 0) is 51.1 Å².